The van der Waals surface area contributed by atoms with Crippen LogP contribution in [0.1, 0.15) is 39.3 Å². The highest BCUT2D eigenvalue weighted by molar-refractivity contribution is 5.13. The summed E-state index contributed by atoms with van der Waals surface area (Å²) in [4.78, 5) is 0. The van der Waals surface area contributed by atoms with Gasteiger partial charge < -0.3 is 9.88 Å². The van der Waals surface area contributed by atoms with Crippen molar-refractivity contribution in [2.75, 3.05) is 6.54 Å². The molecule has 0 aromatic carbocycles. The number of hydrogen-bond donors (Lipinski definition) is 1. The maximum absolute atomic E-state index is 3.75. The first-order valence-corrected chi connectivity index (χ1v) is 6.57. The molecule has 1 saturated heterocycles. The first kappa shape index (κ1) is 11.7. The fraction of sp³-hybridized carbons (Fsp3) is 0.714. The molecular formula is C14H24N2. The molecule has 0 radical (unpaired) electrons. The van der Waals surface area contributed by atoms with Crippen molar-refractivity contribution in [3.05, 3.63) is 24.0 Å². The predicted octanol–water partition coefficient (Wildman–Crippen LogP) is 2.83. The van der Waals surface area contributed by atoms with Crippen molar-refractivity contribution in [1.82, 2.24) is 9.88 Å². The molecule has 1 aliphatic heterocycles. The predicted molar refractivity (Wildman–Crippen MR) is 68.6 cm³/mol. The number of rotatable bonds is 4. The zero-order chi connectivity index (χ0) is 11.6. The molecule has 1 aromatic heterocycles. The van der Waals surface area contributed by atoms with Crippen LogP contribution in [0.3, 0.4) is 0 Å². The molecule has 1 fully saturated rings. The van der Waals surface area contributed by atoms with Crippen LogP contribution >= 0.6 is 0 Å². The van der Waals surface area contributed by atoms with Gasteiger partial charge in [-0.1, -0.05) is 13.8 Å². The van der Waals surface area contributed by atoms with E-state index in [0.717, 1.165) is 6.54 Å². The van der Waals surface area contributed by atoms with Gasteiger partial charge in [-0.3, -0.25) is 0 Å². The summed E-state index contributed by atoms with van der Waals surface area (Å²) in [5.41, 5.74) is 1.82. The largest absolute Gasteiger partial charge is 0.352 e. The lowest BCUT2D eigenvalue weighted by molar-refractivity contribution is 0.264. The lowest BCUT2D eigenvalue weighted by Gasteiger charge is -2.34. The molecule has 0 spiro atoms. The number of nitrogens with one attached hydrogen (secondary N) is 1. The zero-order valence-corrected chi connectivity index (χ0v) is 10.8. The standard InChI is InChI=1S/C14H24N2/c1-4-16-10-5-7-13(16)11-14(12(2)3)8-6-9-15-14/h5,7,10,12,15H,4,6,8-9,11H2,1-3H3. The Balaban J connectivity index is 2.18. The lowest BCUT2D eigenvalue weighted by atomic mass is 9.81. The number of aryl methyl sites for hydroxylation is 1. The highest BCUT2D eigenvalue weighted by atomic mass is 15.0. The summed E-state index contributed by atoms with van der Waals surface area (Å²) >= 11 is 0. The highest BCUT2D eigenvalue weighted by Crippen LogP contribution is 2.31. The van der Waals surface area contributed by atoms with E-state index in [1.54, 1.807) is 0 Å². The Labute approximate surface area is 99.0 Å². The Bertz CT molecular complexity index is 332. The quantitative estimate of drug-likeness (QED) is 0.825. The van der Waals surface area contributed by atoms with E-state index in [9.17, 15) is 0 Å². The lowest BCUT2D eigenvalue weighted by Crippen LogP contribution is -2.47. The molecule has 0 aliphatic carbocycles. The second-order valence-corrected chi connectivity index (χ2v) is 5.30. The smallest absolute Gasteiger partial charge is 0.0259 e. The average Bonchev–Trinajstić information content (AvgIpc) is 2.88. The summed E-state index contributed by atoms with van der Waals surface area (Å²) in [7, 11) is 0. The maximum atomic E-state index is 3.75. The van der Waals surface area contributed by atoms with Crippen molar-refractivity contribution in [1.29, 1.82) is 0 Å². The summed E-state index contributed by atoms with van der Waals surface area (Å²) in [6, 6.07) is 4.44. The Kier molecular flexibility index (Phi) is 3.38. The molecule has 0 bridgehead atoms. The van der Waals surface area contributed by atoms with Crippen molar-refractivity contribution < 1.29 is 0 Å². The minimum atomic E-state index is 0.339. The van der Waals surface area contributed by atoms with Gasteiger partial charge in [0.1, 0.15) is 0 Å². The van der Waals surface area contributed by atoms with Gasteiger partial charge in [-0.2, -0.15) is 0 Å². The fourth-order valence-electron chi connectivity index (χ4n) is 2.92. The van der Waals surface area contributed by atoms with Crippen LogP contribution in [0.4, 0.5) is 0 Å². The van der Waals surface area contributed by atoms with E-state index in [2.05, 4.69) is 49.0 Å². The van der Waals surface area contributed by atoms with Gasteiger partial charge >= 0.3 is 0 Å². The van der Waals surface area contributed by atoms with Gasteiger partial charge in [-0.25, -0.2) is 0 Å². The SMILES string of the molecule is CCn1cccc1CC1(C(C)C)CCCN1. The maximum Gasteiger partial charge on any atom is 0.0259 e. The Morgan fingerprint density at radius 3 is 2.88 bits per heavy atom. The second kappa shape index (κ2) is 4.62. The van der Waals surface area contributed by atoms with E-state index in [4.69, 9.17) is 0 Å². The third kappa shape index (κ3) is 2.03. The van der Waals surface area contributed by atoms with Gasteiger partial charge in [0, 0.05) is 30.4 Å². The number of nitrogens with zero attached hydrogens (tertiary/aromatic N) is 1. The van der Waals surface area contributed by atoms with Crippen LogP contribution in [0.15, 0.2) is 18.3 Å². The van der Waals surface area contributed by atoms with Crippen molar-refractivity contribution in [2.45, 2.75) is 52.1 Å². The van der Waals surface area contributed by atoms with E-state index in [0.29, 0.717) is 11.5 Å². The van der Waals surface area contributed by atoms with Gasteiger partial charge in [0.15, 0.2) is 0 Å². The summed E-state index contributed by atoms with van der Waals surface area (Å²) < 4.78 is 2.37. The molecule has 2 rings (SSSR count). The second-order valence-electron chi connectivity index (χ2n) is 5.30. The van der Waals surface area contributed by atoms with Gasteiger partial charge in [0.2, 0.25) is 0 Å². The van der Waals surface area contributed by atoms with Crippen molar-refractivity contribution in [2.24, 2.45) is 5.92 Å². The molecule has 1 N–H and O–H groups in total. The van der Waals surface area contributed by atoms with Crippen molar-refractivity contribution >= 4 is 0 Å². The van der Waals surface area contributed by atoms with Crippen LogP contribution in [-0.2, 0) is 13.0 Å². The van der Waals surface area contributed by atoms with Crippen LogP contribution < -0.4 is 5.32 Å². The Morgan fingerprint density at radius 2 is 2.31 bits per heavy atom. The van der Waals surface area contributed by atoms with Crippen LogP contribution in [0.25, 0.3) is 0 Å². The minimum Gasteiger partial charge on any atom is -0.352 e. The van der Waals surface area contributed by atoms with Gasteiger partial charge in [-0.15, -0.1) is 0 Å². The van der Waals surface area contributed by atoms with E-state index < -0.39 is 0 Å². The molecule has 16 heavy (non-hydrogen) atoms. The van der Waals surface area contributed by atoms with Gasteiger partial charge in [0.05, 0.1) is 0 Å². The first-order valence-electron chi connectivity index (χ1n) is 6.57. The first-order chi connectivity index (χ1) is 7.68. The summed E-state index contributed by atoms with van der Waals surface area (Å²) in [6.07, 6.45) is 6.01. The fourth-order valence-corrected chi connectivity index (χ4v) is 2.92. The molecule has 90 valence electrons. The topological polar surface area (TPSA) is 17.0 Å². The van der Waals surface area contributed by atoms with E-state index in [1.165, 1.54) is 31.5 Å². The van der Waals surface area contributed by atoms with Crippen molar-refractivity contribution in [3.63, 3.8) is 0 Å². The van der Waals surface area contributed by atoms with Crippen molar-refractivity contribution in [3.8, 4) is 0 Å². The molecular weight excluding hydrogens is 196 g/mol. The van der Waals surface area contributed by atoms with Gasteiger partial charge in [-0.05, 0) is 44.4 Å². The molecule has 1 unspecified atom stereocenters. The van der Waals surface area contributed by atoms with Crippen LogP contribution in [0.2, 0.25) is 0 Å². The molecule has 2 nitrogen and oxygen atoms in total. The third-order valence-corrected chi connectivity index (χ3v) is 4.14. The van der Waals surface area contributed by atoms with Gasteiger partial charge in [0.25, 0.3) is 0 Å². The summed E-state index contributed by atoms with van der Waals surface area (Å²) in [6.45, 7) is 9.17. The summed E-state index contributed by atoms with van der Waals surface area (Å²) in [5.74, 6) is 0.704. The van der Waals surface area contributed by atoms with E-state index in [1.807, 2.05) is 0 Å². The normalized spacial score (nSPS) is 25.5. The third-order valence-electron chi connectivity index (χ3n) is 4.14. The number of aromatic nitrogens is 1. The molecule has 1 atom stereocenters. The molecule has 0 amide bonds. The molecule has 1 aliphatic rings. The molecule has 2 heteroatoms. The van der Waals surface area contributed by atoms with E-state index in [-0.39, 0.29) is 0 Å². The minimum absolute atomic E-state index is 0.339. The Morgan fingerprint density at radius 1 is 1.50 bits per heavy atom. The average molecular weight is 220 g/mol. The Hall–Kier alpha value is -0.760. The molecule has 1 aromatic rings. The van der Waals surface area contributed by atoms with E-state index >= 15 is 0 Å². The van der Waals surface area contributed by atoms with Crippen LogP contribution in [0, 0.1) is 5.92 Å². The highest BCUT2D eigenvalue weighted by Gasteiger charge is 2.36. The zero-order valence-electron chi connectivity index (χ0n) is 10.8. The number of hydrogen-bond acceptors (Lipinski definition) is 1. The molecule has 0 saturated carbocycles. The van der Waals surface area contributed by atoms with Crippen LogP contribution in [0.5, 0.6) is 0 Å². The molecule has 2 heterocycles. The summed E-state index contributed by atoms with van der Waals surface area (Å²) in [5, 5.41) is 3.75. The monoisotopic (exact) mass is 220 g/mol. The van der Waals surface area contributed by atoms with Crippen LogP contribution in [-0.4, -0.2) is 16.7 Å².